The van der Waals surface area contributed by atoms with Crippen LogP contribution in [-0.4, -0.2) is 5.91 Å². The summed E-state index contributed by atoms with van der Waals surface area (Å²) in [6.45, 7) is 0. The number of nitrogens with one attached hydrogen (secondary N) is 1. The Morgan fingerprint density at radius 1 is 1.10 bits per heavy atom. The zero-order valence-electron chi connectivity index (χ0n) is 10.2. The molecule has 0 spiro atoms. The van der Waals surface area contributed by atoms with Gasteiger partial charge in [0.2, 0.25) is 5.91 Å². The molecule has 2 aromatic rings. The highest BCUT2D eigenvalue weighted by molar-refractivity contribution is 6.30. The Morgan fingerprint density at radius 2 is 1.80 bits per heavy atom. The van der Waals surface area contributed by atoms with Gasteiger partial charge in [-0.15, -0.1) is 0 Å². The summed E-state index contributed by atoms with van der Waals surface area (Å²) in [7, 11) is 0. The Balaban J connectivity index is 2.03. The molecule has 0 saturated heterocycles. The lowest BCUT2D eigenvalue weighted by Crippen LogP contribution is -2.09. The second-order valence-corrected chi connectivity index (χ2v) is 4.43. The highest BCUT2D eigenvalue weighted by atomic mass is 35.5. The minimum Gasteiger partial charge on any atom is -0.320 e. The molecule has 0 unspecified atom stereocenters. The first kappa shape index (κ1) is 14.2. The van der Waals surface area contributed by atoms with Crippen LogP contribution in [0, 0.1) is 11.6 Å². The van der Waals surface area contributed by atoms with Gasteiger partial charge >= 0.3 is 0 Å². The molecule has 0 radical (unpaired) electrons. The maximum atomic E-state index is 13.3. The third kappa shape index (κ3) is 3.90. The first-order valence-corrected chi connectivity index (χ1v) is 6.12. The van der Waals surface area contributed by atoms with E-state index in [0.29, 0.717) is 11.1 Å². The summed E-state index contributed by atoms with van der Waals surface area (Å²) in [6, 6.07) is 9.81. The molecular formula is C15H10ClF2NO. The number of rotatable bonds is 3. The van der Waals surface area contributed by atoms with Crippen LogP contribution in [0.25, 0.3) is 6.08 Å². The van der Waals surface area contributed by atoms with E-state index in [1.54, 1.807) is 30.3 Å². The van der Waals surface area contributed by atoms with Gasteiger partial charge in [-0.25, -0.2) is 8.78 Å². The molecule has 2 aromatic carbocycles. The van der Waals surface area contributed by atoms with Crippen molar-refractivity contribution in [3.63, 3.8) is 0 Å². The van der Waals surface area contributed by atoms with Crippen LogP contribution in [-0.2, 0) is 4.79 Å². The summed E-state index contributed by atoms with van der Waals surface area (Å²) in [6.07, 6.45) is 2.82. The quantitative estimate of drug-likeness (QED) is 0.841. The SMILES string of the molecule is O=C(/C=C/c1ccc(Cl)cc1)Nc1ccc(F)cc1F. The molecule has 0 heterocycles. The third-order valence-corrected chi connectivity index (χ3v) is 2.74. The van der Waals surface area contributed by atoms with Gasteiger partial charge in [-0.3, -0.25) is 4.79 Å². The first-order valence-electron chi connectivity index (χ1n) is 5.74. The number of halogens is 3. The molecule has 102 valence electrons. The highest BCUT2D eigenvalue weighted by Gasteiger charge is 2.05. The minimum atomic E-state index is -0.821. The molecule has 0 aliphatic carbocycles. The van der Waals surface area contributed by atoms with E-state index in [1.807, 2.05) is 0 Å². The van der Waals surface area contributed by atoms with Crippen molar-refractivity contribution in [1.82, 2.24) is 0 Å². The molecule has 1 amide bonds. The standard InChI is InChI=1S/C15H10ClF2NO/c16-11-4-1-10(2-5-11)3-8-15(20)19-14-7-6-12(17)9-13(14)18/h1-9H,(H,19,20)/b8-3+. The van der Waals surface area contributed by atoms with Crippen molar-refractivity contribution in [2.45, 2.75) is 0 Å². The number of amides is 1. The van der Waals surface area contributed by atoms with Crippen LogP contribution in [0.2, 0.25) is 5.02 Å². The number of anilines is 1. The predicted octanol–water partition coefficient (Wildman–Crippen LogP) is 4.27. The molecule has 1 N–H and O–H groups in total. The number of hydrogen-bond donors (Lipinski definition) is 1. The van der Waals surface area contributed by atoms with Crippen molar-refractivity contribution in [2.75, 3.05) is 5.32 Å². The molecule has 0 aliphatic heterocycles. The summed E-state index contributed by atoms with van der Waals surface area (Å²) < 4.78 is 26.0. The lowest BCUT2D eigenvalue weighted by Gasteiger charge is -2.03. The Morgan fingerprint density at radius 3 is 2.45 bits per heavy atom. The molecule has 0 atom stereocenters. The van der Waals surface area contributed by atoms with E-state index < -0.39 is 17.5 Å². The largest absolute Gasteiger partial charge is 0.320 e. The summed E-state index contributed by atoms with van der Waals surface area (Å²) in [5, 5.41) is 2.92. The summed E-state index contributed by atoms with van der Waals surface area (Å²) in [4.78, 5) is 11.6. The molecule has 2 rings (SSSR count). The highest BCUT2D eigenvalue weighted by Crippen LogP contribution is 2.15. The molecule has 5 heteroatoms. The van der Waals surface area contributed by atoms with Crippen LogP contribution in [0.1, 0.15) is 5.56 Å². The van der Waals surface area contributed by atoms with Crippen molar-refractivity contribution >= 4 is 29.3 Å². The van der Waals surface area contributed by atoms with Crippen molar-refractivity contribution in [3.05, 3.63) is 70.8 Å². The van der Waals surface area contributed by atoms with Gasteiger partial charge < -0.3 is 5.32 Å². The second-order valence-electron chi connectivity index (χ2n) is 4.00. The van der Waals surface area contributed by atoms with Gasteiger partial charge in [0.15, 0.2) is 0 Å². The van der Waals surface area contributed by atoms with Crippen molar-refractivity contribution in [1.29, 1.82) is 0 Å². The maximum absolute atomic E-state index is 13.3. The summed E-state index contributed by atoms with van der Waals surface area (Å²) in [5.41, 5.74) is 0.710. The Bertz CT molecular complexity index is 653. The summed E-state index contributed by atoms with van der Waals surface area (Å²) in [5.74, 6) is -2.03. The number of carbonyl (C=O) groups is 1. The predicted molar refractivity (Wildman–Crippen MR) is 75.5 cm³/mol. The summed E-state index contributed by atoms with van der Waals surface area (Å²) >= 11 is 5.74. The zero-order chi connectivity index (χ0) is 14.5. The topological polar surface area (TPSA) is 29.1 Å². The Hall–Kier alpha value is -2.20. The van der Waals surface area contributed by atoms with E-state index in [2.05, 4.69) is 5.32 Å². The molecule has 0 aromatic heterocycles. The minimum absolute atomic E-state index is 0.0721. The van der Waals surface area contributed by atoms with Crippen molar-refractivity contribution in [2.24, 2.45) is 0 Å². The second kappa shape index (κ2) is 6.30. The fourth-order valence-corrected chi connectivity index (χ4v) is 1.64. The van der Waals surface area contributed by atoms with Crippen LogP contribution in [0.5, 0.6) is 0 Å². The van der Waals surface area contributed by atoms with Gasteiger partial charge in [-0.05, 0) is 35.9 Å². The molecule has 0 aliphatic rings. The van der Waals surface area contributed by atoms with Gasteiger partial charge in [0.05, 0.1) is 5.69 Å². The van der Waals surface area contributed by atoms with E-state index >= 15 is 0 Å². The maximum Gasteiger partial charge on any atom is 0.248 e. The van der Waals surface area contributed by atoms with Crippen LogP contribution in [0.3, 0.4) is 0 Å². The van der Waals surface area contributed by atoms with Gasteiger partial charge in [0.1, 0.15) is 11.6 Å². The van der Waals surface area contributed by atoms with Gasteiger partial charge in [0.25, 0.3) is 0 Å². The number of hydrogen-bond acceptors (Lipinski definition) is 1. The lowest BCUT2D eigenvalue weighted by atomic mass is 10.2. The molecule has 0 saturated carbocycles. The van der Waals surface area contributed by atoms with Gasteiger partial charge in [-0.1, -0.05) is 23.7 Å². The zero-order valence-corrected chi connectivity index (χ0v) is 11.0. The van der Waals surface area contributed by atoms with Crippen LogP contribution < -0.4 is 5.32 Å². The smallest absolute Gasteiger partial charge is 0.248 e. The lowest BCUT2D eigenvalue weighted by molar-refractivity contribution is -0.111. The van der Waals surface area contributed by atoms with E-state index in [9.17, 15) is 13.6 Å². The number of benzene rings is 2. The third-order valence-electron chi connectivity index (χ3n) is 2.49. The van der Waals surface area contributed by atoms with Crippen LogP contribution in [0.15, 0.2) is 48.5 Å². The van der Waals surface area contributed by atoms with Gasteiger partial charge in [-0.2, -0.15) is 0 Å². The van der Waals surface area contributed by atoms with E-state index in [-0.39, 0.29) is 5.69 Å². The van der Waals surface area contributed by atoms with Crippen LogP contribution in [0.4, 0.5) is 14.5 Å². The molecule has 0 fully saturated rings. The van der Waals surface area contributed by atoms with Crippen molar-refractivity contribution in [3.8, 4) is 0 Å². The fraction of sp³-hybridized carbons (Fsp3) is 0. The average Bonchev–Trinajstić information content (AvgIpc) is 2.41. The molecular weight excluding hydrogens is 284 g/mol. The van der Waals surface area contributed by atoms with Crippen molar-refractivity contribution < 1.29 is 13.6 Å². The Kier molecular flexibility index (Phi) is 4.48. The monoisotopic (exact) mass is 293 g/mol. The first-order chi connectivity index (χ1) is 9.54. The van der Waals surface area contributed by atoms with Crippen LogP contribution >= 0.6 is 11.6 Å². The van der Waals surface area contributed by atoms with Gasteiger partial charge in [0, 0.05) is 17.2 Å². The van der Waals surface area contributed by atoms with E-state index in [0.717, 1.165) is 11.6 Å². The molecule has 0 bridgehead atoms. The average molecular weight is 294 g/mol. The molecule has 2 nitrogen and oxygen atoms in total. The Labute approximate surface area is 119 Å². The molecule has 20 heavy (non-hydrogen) atoms. The van der Waals surface area contributed by atoms with E-state index in [4.69, 9.17) is 11.6 Å². The fourth-order valence-electron chi connectivity index (χ4n) is 1.51. The number of carbonyl (C=O) groups excluding carboxylic acids is 1. The van der Waals surface area contributed by atoms with E-state index in [1.165, 1.54) is 12.1 Å². The normalized spacial score (nSPS) is 10.8.